The van der Waals surface area contributed by atoms with Crippen molar-refractivity contribution in [2.45, 2.75) is 12.8 Å². The van der Waals surface area contributed by atoms with Crippen molar-refractivity contribution in [1.29, 1.82) is 0 Å². The fraction of sp³-hybridized carbons (Fsp3) is 0.273. The lowest BCUT2D eigenvalue weighted by Gasteiger charge is -2.00. The third kappa shape index (κ3) is 4.02. The molecule has 1 aromatic carbocycles. The topological polar surface area (TPSA) is 38.7 Å². The van der Waals surface area contributed by atoms with Gasteiger partial charge in [-0.15, -0.1) is 0 Å². The van der Waals surface area contributed by atoms with Crippen LogP contribution < -0.4 is 0 Å². The van der Waals surface area contributed by atoms with Crippen LogP contribution in [-0.4, -0.2) is 18.2 Å². The van der Waals surface area contributed by atoms with Gasteiger partial charge in [0.05, 0.1) is 18.0 Å². The van der Waals surface area contributed by atoms with Crippen LogP contribution in [0.15, 0.2) is 29.3 Å². The average molecular weight is 221 g/mol. The van der Waals surface area contributed by atoms with Crippen LogP contribution in [0.3, 0.4) is 0 Å². The lowest BCUT2D eigenvalue weighted by molar-refractivity contribution is -0.140. The second kappa shape index (κ2) is 6.06. The molecule has 0 amide bonds. The summed E-state index contributed by atoms with van der Waals surface area (Å²) in [5.41, 5.74) is 1.84. The Morgan fingerprint density at radius 1 is 1.47 bits per heavy atom. The van der Waals surface area contributed by atoms with Gasteiger partial charge in [-0.05, 0) is 36.3 Å². The first-order valence-electron chi connectivity index (χ1n) is 4.50. The predicted octanol–water partition coefficient (Wildman–Crippen LogP) is 2.53. The minimum Gasteiger partial charge on any atom is -0.469 e. The Labute approximate surface area is 93.8 Å². The Balaban J connectivity index is 2.56. The summed E-state index contributed by atoms with van der Waals surface area (Å²) >= 11 is 4.49. The molecule has 0 atom stereocenters. The highest BCUT2D eigenvalue weighted by Gasteiger charge is 2.00. The second-order valence-electron chi connectivity index (χ2n) is 2.95. The van der Waals surface area contributed by atoms with Gasteiger partial charge in [0.1, 0.15) is 0 Å². The zero-order chi connectivity index (χ0) is 11.1. The summed E-state index contributed by atoms with van der Waals surface area (Å²) in [5, 5.41) is 2.30. The molecule has 1 rings (SSSR count). The van der Waals surface area contributed by atoms with Gasteiger partial charge in [-0.2, -0.15) is 4.99 Å². The van der Waals surface area contributed by atoms with Gasteiger partial charge in [0.25, 0.3) is 0 Å². The number of carbonyl (C=O) groups excluding carboxylic acids is 1. The van der Waals surface area contributed by atoms with Crippen LogP contribution in [-0.2, 0) is 16.0 Å². The van der Waals surface area contributed by atoms with Crippen molar-refractivity contribution in [1.82, 2.24) is 0 Å². The minimum absolute atomic E-state index is 0.198. The Bertz CT molecular complexity index is 380. The number of nitrogens with zero attached hydrogens (tertiary/aromatic N) is 1. The number of rotatable bonds is 4. The van der Waals surface area contributed by atoms with E-state index in [4.69, 9.17) is 0 Å². The molecule has 0 N–H and O–H groups in total. The number of aryl methyl sites for hydroxylation is 1. The maximum Gasteiger partial charge on any atom is 0.305 e. The van der Waals surface area contributed by atoms with E-state index < -0.39 is 0 Å². The maximum absolute atomic E-state index is 10.9. The summed E-state index contributed by atoms with van der Waals surface area (Å²) in [7, 11) is 1.39. The highest BCUT2D eigenvalue weighted by Crippen LogP contribution is 2.13. The molecule has 0 aromatic heterocycles. The Kier molecular flexibility index (Phi) is 4.68. The summed E-state index contributed by atoms with van der Waals surface area (Å²) < 4.78 is 4.55. The minimum atomic E-state index is -0.198. The van der Waals surface area contributed by atoms with Gasteiger partial charge < -0.3 is 4.74 Å². The zero-order valence-corrected chi connectivity index (χ0v) is 9.21. The number of isothiocyanates is 1. The second-order valence-corrected chi connectivity index (χ2v) is 3.13. The van der Waals surface area contributed by atoms with Crippen LogP contribution in [0.4, 0.5) is 5.69 Å². The van der Waals surface area contributed by atoms with E-state index in [1.165, 1.54) is 7.11 Å². The number of thiocarbonyl (C=S) groups is 1. The van der Waals surface area contributed by atoms with Crippen molar-refractivity contribution in [2.75, 3.05) is 7.11 Å². The van der Waals surface area contributed by atoms with Gasteiger partial charge in [-0.25, -0.2) is 0 Å². The molecule has 0 radical (unpaired) electrons. The highest BCUT2D eigenvalue weighted by atomic mass is 32.1. The van der Waals surface area contributed by atoms with Gasteiger partial charge in [-0.3, -0.25) is 4.79 Å². The third-order valence-corrected chi connectivity index (χ3v) is 2.05. The summed E-state index contributed by atoms with van der Waals surface area (Å²) in [5.74, 6) is -0.198. The van der Waals surface area contributed by atoms with E-state index in [2.05, 4.69) is 27.1 Å². The molecule has 15 heavy (non-hydrogen) atoms. The molecule has 0 unspecified atom stereocenters. The highest BCUT2D eigenvalue weighted by molar-refractivity contribution is 7.78. The molecule has 0 spiro atoms. The standard InChI is InChI=1S/C11H11NO2S/c1-14-11(13)7-4-9-2-5-10(6-3-9)12-8-15/h2-3,5-6H,4,7H2,1H3. The van der Waals surface area contributed by atoms with Crippen LogP contribution >= 0.6 is 12.2 Å². The molecule has 0 aliphatic carbocycles. The normalized spacial score (nSPS) is 9.13. The average Bonchev–Trinajstić information content (AvgIpc) is 2.28. The number of esters is 1. The molecule has 0 bridgehead atoms. The Morgan fingerprint density at radius 2 is 2.13 bits per heavy atom. The van der Waals surface area contributed by atoms with Crippen LogP contribution in [0.1, 0.15) is 12.0 Å². The van der Waals surface area contributed by atoms with E-state index in [-0.39, 0.29) is 5.97 Å². The molecule has 0 heterocycles. The first-order chi connectivity index (χ1) is 7.26. The number of hydrogen-bond donors (Lipinski definition) is 0. The van der Waals surface area contributed by atoms with Gasteiger partial charge in [-0.1, -0.05) is 12.1 Å². The molecule has 0 fully saturated rings. The van der Waals surface area contributed by atoms with Crippen molar-refractivity contribution in [3.63, 3.8) is 0 Å². The molecule has 1 aromatic rings. The van der Waals surface area contributed by atoms with Crippen molar-refractivity contribution >= 4 is 29.0 Å². The first kappa shape index (κ1) is 11.6. The van der Waals surface area contributed by atoms with Crippen LogP contribution in [0.25, 0.3) is 0 Å². The van der Waals surface area contributed by atoms with E-state index in [1.54, 1.807) is 0 Å². The van der Waals surface area contributed by atoms with Crippen LogP contribution in [0.5, 0.6) is 0 Å². The maximum atomic E-state index is 10.9. The third-order valence-electron chi connectivity index (χ3n) is 1.96. The quantitative estimate of drug-likeness (QED) is 0.445. The molecule has 3 nitrogen and oxygen atoms in total. The van der Waals surface area contributed by atoms with Gasteiger partial charge in [0, 0.05) is 6.42 Å². The van der Waals surface area contributed by atoms with E-state index in [0.717, 1.165) is 11.3 Å². The predicted molar refractivity (Wildman–Crippen MR) is 61.5 cm³/mol. The van der Waals surface area contributed by atoms with Crippen molar-refractivity contribution in [2.24, 2.45) is 4.99 Å². The van der Waals surface area contributed by atoms with Gasteiger partial charge >= 0.3 is 5.97 Å². The summed E-state index contributed by atoms with van der Waals surface area (Å²) in [4.78, 5) is 14.7. The smallest absolute Gasteiger partial charge is 0.305 e. The molecule has 0 aliphatic rings. The van der Waals surface area contributed by atoms with E-state index in [9.17, 15) is 4.79 Å². The summed E-state index contributed by atoms with van der Waals surface area (Å²) in [6, 6.07) is 7.50. The molecular weight excluding hydrogens is 210 g/mol. The van der Waals surface area contributed by atoms with Gasteiger partial charge in [0.2, 0.25) is 0 Å². The van der Waals surface area contributed by atoms with E-state index in [1.807, 2.05) is 24.3 Å². The molecule has 78 valence electrons. The Hall–Kier alpha value is -1.51. The molecular formula is C11H11NO2S. The largest absolute Gasteiger partial charge is 0.469 e. The number of methoxy groups -OCH3 is 1. The lowest BCUT2D eigenvalue weighted by atomic mass is 10.1. The van der Waals surface area contributed by atoms with Crippen LogP contribution in [0.2, 0.25) is 0 Å². The van der Waals surface area contributed by atoms with Crippen molar-refractivity contribution in [3.8, 4) is 0 Å². The summed E-state index contributed by atoms with van der Waals surface area (Å²) in [6.45, 7) is 0. The Morgan fingerprint density at radius 3 is 2.67 bits per heavy atom. The lowest BCUT2D eigenvalue weighted by Crippen LogP contribution is -2.01. The van der Waals surface area contributed by atoms with E-state index >= 15 is 0 Å². The fourth-order valence-electron chi connectivity index (χ4n) is 1.14. The van der Waals surface area contributed by atoms with Crippen LogP contribution in [0, 0.1) is 0 Å². The zero-order valence-electron chi connectivity index (χ0n) is 8.40. The van der Waals surface area contributed by atoms with Crippen molar-refractivity contribution in [3.05, 3.63) is 29.8 Å². The number of ether oxygens (including phenoxy) is 1. The number of benzene rings is 1. The summed E-state index contributed by atoms with van der Waals surface area (Å²) in [6.07, 6.45) is 1.07. The van der Waals surface area contributed by atoms with Gasteiger partial charge in [0.15, 0.2) is 0 Å². The number of carbonyl (C=O) groups is 1. The number of hydrogen-bond acceptors (Lipinski definition) is 4. The fourth-order valence-corrected chi connectivity index (χ4v) is 1.24. The number of aliphatic imine (C=N–C) groups is 1. The van der Waals surface area contributed by atoms with Crippen molar-refractivity contribution < 1.29 is 9.53 Å². The molecule has 4 heteroatoms. The monoisotopic (exact) mass is 221 g/mol. The molecule has 0 aliphatic heterocycles. The molecule has 0 saturated carbocycles. The molecule has 0 saturated heterocycles. The SMILES string of the molecule is COC(=O)CCc1ccc(N=C=S)cc1. The van der Waals surface area contributed by atoms with E-state index in [0.29, 0.717) is 12.8 Å². The first-order valence-corrected chi connectivity index (χ1v) is 4.90.